The van der Waals surface area contributed by atoms with Crippen LogP contribution in [-0.2, 0) is 0 Å². The summed E-state index contributed by atoms with van der Waals surface area (Å²) in [5.41, 5.74) is 0.688. The van der Waals surface area contributed by atoms with Crippen LogP contribution in [0.1, 0.15) is 0 Å². The third kappa shape index (κ3) is 2.24. The number of para-hydroxylation sites is 2. The van der Waals surface area contributed by atoms with E-state index in [4.69, 9.17) is 0 Å². The third-order valence-electron chi connectivity index (χ3n) is 3.22. The molecule has 0 N–H and O–H groups in total. The molecule has 0 saturated heterocycles. The Morgan fingerprint density at radius 3 is 2.32 bits per heavy atom. The van der Waals surface area contributed by atoms with Crippen LogP contribution in [0.3, 0.4) is 0 Å². The van der Waals surface area contributed by atoms with E-state index in [0.29, 0.717) is 17.1 Å². The Hall–Kier alpha value is -2.70. The number of rotatable bonds is 2. The zero-order valence-corrected chi connectivity index (χ0v) is 11.3. The van der Waals surface area contributed by atoms with Crippen molar-refractivity contribution < 1.29 is 17.6 Å². The Kier molecular flexibility index (Phi) is 3.40. The largest absolute Gasteiger partial charge is 0.326 e. The minimum absolute atomic E-state index is 0.169. The van der Waals surface area contributed by atoms with Crippen molar-refractivity contribution in [1.82, 2.24) is 9.97 Å². The van der Waals surface area contributed by atoms with Crippen molar-refractivity contribution in [3.63, 3.8) is 0 Å². The Bertz CT molecular complexity index is 867. The summed E-state index contributed by atoms with van der Waals surface area (Å²) in [5, 5.41) is 0. The highest BCUT2D eigenvalue weighted by Gasteiger charge is 2.22. The highest BCUT2D eigenvalue weighted by Crippen LogP contribution is 2.29. The second-order valence-corrected chi connectivity index (χ2v) is 4.60. The molecular weight excluding hydrogens is 298 g/mol. The number of aromatic nitrogens is 2. The summed E-state index contributed by atoms with van der Waals surface area (Å²) in [4.78, 5) is 9.46. The molecule has 1 heterocycles. The van der Waals surface area contributed by atoms with E-state index in [1.54, 1.807) is 24.3 Å². The van der Waals surface area contributed by atoms with Crippen LogP contribution in [0.15, 0.2) is 36.5 Å². The topological polar surface area (TPSA) is 29.0 Å². The molecular formula is C15H9F4N3. The van der Waals surface area contributed by atoms with Crippen molar-refractivity contribution in [1.29, 1.82) is 0 Å². The minimum atomic E-state index is -1.87. The molecule has 2 aromatic carbocycles. The summed E-state index contributed by atoms with van der Waals surface area (Å²) < 4.78 is 53.5. The fraction of sp³-hybridized carbons (Fsp3) is 0.0667. The number of halogens is 4. The maximum absolute atomic E-state index is 13.8. The molecule has 22 heavy (non-hydrogen) atoms. The Morgan fingerprint density at radius 2 is 1.59 bits per heavy atom. The Morgan fingerprint density at radius 1 is 0.909 bits per heavy atom. The first-order valence-electron chi connectivity index (χ1n) is 6.27. The van der Waals surface area contributed by atoms with Gasteiger partial charge in [-0.05, 0) is 12.1 Å². The quantitative estimate of drug-likeness (QED) is 0.408. The van der Waals surface area contributed by atoms with Crippen molar-refractivity contribution in [2.45, 2.75) is 0 Å². The lowest BCUT2D eigenvalue weighted by Crippen LogP contribution is -2.15. The number of benzene rings is 2. The van der Waals surface area contributed by atoms with Crippen molar-refractivity contribution in [3.8, 4) is 0 Å². The van der Waals surface area contributed by atoms with E-state index in [-0.39, 0.29) is 5.82 Å². The number of hydrogen-bond donors (Lipinski definition) is 0. The predicted molar refractivity (Wildman–Crippen MR) is 73.9 cm³/mol. The molecule has 7 heteroatoms. The molecule has 1 aromatic heterocycles. The fourth-order valence-corrected chi connectivity index (χ4v) is 2.04. The van der Waals surface area contributed by atoms with Crippen LogP contribution in [0, 0.1) is 23.3 Å². The standard InChI is InChI=1S/C15H9F4N3/c1-22(11-6-8(16)13(17)15(19)14(11)18)12-7-20-9-4-2-3-5-10(9)21-12/h2-7H,1H3. The third-order valence-corrected chi connectivity index (χ3v) is 3.22. The monoisotopic (exact) mass is 307 g/mol. The average molecular weight is 307 g/mol. The number of fused-ring (bicyclic) bond motifs is 1. The molecule has 0 amide bonds. The highest BCUT2D eigenvalue weighted by atomic mass is 19.2. The van der Waals surface area contributed by atoms with Crippen LogP contribution in [0.25, 0.3) is 11.0 Å². The van der Waals surface area contributed by atoms with Gasteiger partial charge in [-0.2, -0.15) is 0 Å². The van der Waals surface area contributed by atoms with Gasteiger partial charge in [0.15, 0.2) is 29.1 Å². The summed E-state index contributed by atoms with van der Waals surface area (Å²) >= 11 is 0. The van der Waals surface area contributed by atoms with Crippen LogP contribution in [0.5, 0.6) is 0 Å². The zero-order chi connectivity index (χ0) is 15.9. The molecule has 0 fully saturated rings. The summed E-state index contributed by atoms with van der Waals surface area (Å²) in [6.45, 7) is 0. The molecule has 112 valence electrons. The van der Waals surface area contributed by atoms with Crippen molar-refractivity contribution in [2.75, 3.05) is 11.9 Å². The number of nitrogens with zero attached hydrogens (tertiary/aromatic N) is 3. The van der Waals surface area contributed by atoms with E-state index in [9.17, 15) is 17.6 Å². The first-order chi connectivity index (χ1) is 10.5. The van der Waals surface area contributed by atoms with Crippen LogP contribution in [-0.4, -0.2) is 17.0 Å². The first-order valence-corrected chi connectivity index (χ1v) is 6.27. The van der Waals surface area contributed by atoms with Gasteiger partial charge in [0.25, 0.3) is 0 Å². The van der Waals surface area contributed by atoms with Gasteiger partial charge >= 0.3 is 0 Å². The van der Waals surface area contributed by atoms with Gasteiger partial charge in [-0.1, -0.05) is 12.1 Å². The van der Waals surface area contributed by atoms with Crippen LogP contribution in [0.4, 0.5) is 29.1 Å². The van der Waals surface area contributed by atoms with E-state index < -0.39 is 29.0 Å². The molecule has 0 bridgehead atoms. The van der Waals surface area contributed by atoms with E-state index in [0.717, 1.165) is 4.90 Å². The maximum atomic E-state index is 13.8. The molecule has 0 spiro atoms. The Balaban J connectivity index is 2.11. The molecule has 0 aliphatic heterocycles. The molecule has 3 nitrogen and oxygen atoms in total. The van der Waals surface area contributed by atoms with Crippen molar-refractivity contribution in [3.05, 3.63) is 59.8 Å². The average Bonchev–Trinajstić information content (AvgIpc) is 2.55. The van der Waals surface area contributed by atoms with Gasteiger partial charge in [0, 0.05) is 13.1 Å². The van der Waals surface area contributed by atoms with Gasteiger partial charge in [-0.15, -0.1) is 0 Å². The summed E-state index contributed by atoms with van der Waals surface area (Å²) in [6.07, 6.45) is 1.33. The molecule has 0 unspecified atom stereocenters. The van der Waals surface area contributed by atoms with Gasteiger partial charge in [0.05, 0.1) is 22.9 Å². The lowest BCUT2D eigenvalue weighted by Gasteiger charge is -2.19. The predicted octanol–water partition coefficient (Wildman–Crippen LogP) is 3.95. The second kappa shape index (κ2) is 5.25. The van der Waals surface area contributed by atoms with E-state index in [1.807, 2.05) is 0 Å². The van der Waals surface area contributed by atoms with E-state index in [1.165, 1.54) is 13.2 Å². The van der Waals surface area contributed by atoms with E-state index in [2.05, 4.69) is 9.97 Å². The zero-order valence-electron chi connectivity index (χ0n) is 11.3. The molecule has 0 atom stereocenters. The normalized spacial score (nSPS) is 11.0. The Labute approximate surface area is 122 Å². The smallest absolute Gasteiger partial charge is 0.199 e. The van der Waals surface area contributed by atoms with Gasteiger partial charge in [0.1, 0.15) is 0 Å². The molecule has 0 aliphatic carbocycles. The molecule has 3 aromatic rings. The molecule has 0 aliphatic rings. The lowest BCUT2D eigenvalue weighted by molar-refractivity contribution is 0.410. The molecule has 0 saturated carbocycles. The van der Waals surface area contributed by atoms with Gasteiger partial charge in [-0.3, -0.25) is 4.98 Å². The van der Waals surface area contributed by atoms with Gasteiger partial charge in [-0.25, -0.2) is 22.5 Å². The summed E-state index contributed by atoms with van der Waals surface area (Å²) in [7, 11) is 1.36. The second-order valence-electron chi connectivity index (χ2n) is 4.60. The number of hydrogen-bond acceptors (Lipinski definition) is 3. The van der Waals surface area contributed by atoms with Gasteiger partial charge < -0.3 is 4.90 Å². The summed E-state index contributed by atoms with van der Waals surface area (Å²) in [6, 6.07) is 7.54. The first kappa shape index (κ1) is 14.2. The fourth-order valence-electron chi connectivity index (χ4n) is 2.04. The SMILES string of the molecule is CN(c1cnc2ccccc2n1)c1cc(F)c(F)c(F)c1F. The van der Waals surface area contributed by atoms with Crippen LogP contribution < -0.4 is 4.90 Å². The minimum Gasteiger partial charge on any atom is -0.326 e. The lowest BCUT2D eigenvalue weighted by atomic mass is 10.2. The maximum Gasteiger partial charge on any atom is 0.199 e. The number of anilines is 2. The van der Waals surface area contributed by atoms with Crippen molar-refractivity contribution in [2.24, 2.45) is 0 Å². The molecule has 3 rings (SSSR count). The van der Waals surface area contributed by atoms with E-state index >= 15 is 0 Å². The van der Waals surface area contributed by atoms with Crippen LogP contribution >= 0.6 is 0 Å². The molecule has 0 radical (unpaired) electrons. The highest BCUT2D eigenvalue weighted by molar-refractivity contribution is 5.76. The van der Waals surface area contributed by atoms with Crippen molar-refractivity contribution >= 4 is 22.5 Å². The van der Waals surface area contributed by atoms with Crippen LogP contribution in [0.2, 0.25) is 0 Å². The summed E-state index contributed by atoms with van der Waals surface area (Å²) in [5.74, 6) is -6.51. The van der Waals surface area contributed by atoms with Gasteiger partial charge in [0.2, 0.25) is 0 Å².